The smallest absolute Gasteiger partial charge is 0.331 e. The third-order valence-corrected chi connectivity index (χ3v) is 3.75. The van der Waals surface area contributed by atoms with Crippen molar-refractivity contribution in [1.82, 2.24) is 0 Å². The first-order chi connectivity index (χ1) is 10.6. The molecule has 4 nitrogen and oxygen atoms in total. The summed E-state index contributed by atoms with van der Waals surface area (Å²) in [5.41, 5.74) is 1.06. The minimum atomic E-state index is -0.928. The molecular formula is C17H23BrO4. The van der Waals surface area contributed by atoms with Crippen LogP contribution < -0.4 is 9.47 Å². The van der Waals surface area contributed by atoms with Crippen molar-refractivity contribution < 1.29 is 19.4 Å². The van der Waals surface area contributed by atoms with Gasteiger partial charge < -0.3 is 14.6 Å². The standard InChI is InChI=1S/C17H23BrO4/c1-13(17(19)20)11-14-7-8-15(16(12-14)21-2)22-10-6-4-3-5-9-18/h7-8,11-12H,3-6,9-10H2,1-2H3,(H,19,20). The number of benzene rings is 1. The molecule has 1 aromatic carbocycles. The monoisotopic (exact) mass is 370 g/mol. The van der Waals surface area contributed by atoms with Crippen molar-refractivity contribution >= 4 is 28.0 Å². The van der Waals surface area contributed by atoms with Crippen LogP contribution in [0.5, 0.6) is 11.5 Å². The van der Waals surface area contributed by atoms with E-state index in [1.165, 1.54) is 12.8 Å². The van der Waals surface area contributed by atoms with Gasteiger partial charge in [-0.15, -0.1) is 0 Å². The van der Waals surface area contributed by atoms with Gasteiger partial charge in [0.2, 0.25) is 0 Å². The van der Waals surface area contributed by atoms with Gasteiger partial charge in [-0.1, -0.05) is 34.8 Å². The van der Waals surface area contributed by atoms with Gasteiger partial charge in [0.1, 0.15) is 0 Å². The number of aliphatic carboxylic acids is 1. The Morgan fingerprint density at radius 2 is 1.95 bits per heavy atom. The Morgan fingerprint density at radius 1 is 1.23 bits per heavy atom. The maximum absolute atomic E-state index is 10.8. The van der Waals surface area contributed by atoms with Crippen LogP contribution in [0, 0.1) is 0 Å². The molecule has 1 aromatic rings. The van der Waals surface area contributed by atoms with Crippen LogP contribution in [0.15, 0.2) is 23.8 Å². The summed E-state index contributed by atoms with van der Waals surface area (Å²) >= 11 is 3.42. The van der Waals surface area contributed by atoms with Crippen molar-refractivity contribution in [3.63, 3.8) is 0 Å². The lowest BCUT2D eigenvalue weighted by molar-refractivity contribution is -0.132. The lowest BCUT2D eigenvalue weighted by atomic mass is 10.1. The Balaban J connectivity index is 2.61. The fourth-order valence-electron chi connectivity index (χ4n) is 1.94. The number of methoxy groups -OCH3 is 1. The van der Waals surface area contributed by atoms with E-state index in [1.54, 1.807) is 26.2 Å². The Hall–Kier alpha value is -1.49. The molecule has 1 rings (SSSR count). The van der Waals surface area contributed by atoms with Gasteiger partial charge in [0.25, 0.3) is 0 Å². The van der Waals surface area contributed by atoms with Gasteiger partial charge in [-0.3, -0.25) is 0 Å². The first kappa shape index (κ1) is 18.6. The van der Waals surface area contributed by atoms with E-state index in [9.17, 15) is 4.79 Å². The number of ether oxygens (including phenoxy) is 2. The average Bonchev–Trinajstić information content (AvgIpc) is 2.51. The molecule has 0 aliphatic rings. The predicted molar refractivity (Wildman–Crippen MR) is 92.0 cm³/mol. The number of carboxylic acid groups (broad SMARTS) is 1. The molecule has 0 bridgehead atoms. The maximum Gasteiger partial charge on any atom is 0.331 e. The number of alkyl halides is 1. The molecule has 5 heteroatoms. The summed E-state index contributed by atoms with van der Waals surface area (Å²) in [6.07, 6.45) is 6.15. The summed E-state index contributed by atoms with van der Waals surface area (Å²) in [5, 5.41) is 9.95. The summed E-state index contributed by atoms with van der Waals surface area (Å²) in [4.78, 5) is 10.8. The fraction of sp³-hybridized carbons (Fsp3) is 0.471. The van der Waals surface area contributed by atoms with Crippen molar-refractivity contribution in [3.05, 3.63) is 29.3 Å². The second kappa shape index (κ2) is 10.3. The topological polar surface area (TPSA) is 55.8 Å². The molecule has 0 aromatic heterocycles. The number of unbranched alkanes of at least 4 members (excludes halogenated alkanes) is 3. The van der Waals surface area contributed by atoms with Crippen LogP contribution in [0.2, 0.25) is 0 Å². The normalized spacial score (nSPS) is 11.3. The van der Waals surface area contributed by atoms with Gasteiger partial charge in [-0.05, 0) is 43.5 Å². The molecule has 0 saturated carbocycles. The van der Waals surface area contributed by atoms with Gasteiger partial charge in [0.05, 0.1) is 13.7 Å². The highest BCUT2D eigenvalue weighted by Gasteiger charge is 2.06. The molecule has 0 aliphatic heterocycles. The maximum atomic E-state index is 10.8. The van der Waals surface area contributed by atoms with E-state index >= 15 is 0 Å². The molecule has 0 radical (unpaired) electrons. The van der Waals surface area contributed by atoms with Crippen molar-refractivity contribution in [2.75, 3.05) is 19.0 Å². The summed E-state index contributed by atoms with van der Waals surface area (Å²) in [6.45, 7) is 2.22. The van der Waals surface area contributed by atoms with E-state index in [-0.39, 0.29) is 5.57 Å². The van der Waals surface area contributed by atoms with E-state index < -0.39 is 5.97 Å². The third kappa shape index (κ3) is 6.52. The molecule has 0 saturated heterocycles. The van der Waals surface area contributed by atoms with Crippen LogP contribution in [-0.4, -0.2) is 30.1 Å². The van der Waals surface area contributed by atoms with Gasteiger partial charge >= 0.3 is 5.97 Å². The number of hydrogen-bond donors (Lipinski definition) is 1. The zero-order valence-corrected chi connectivity index (χ0v) is 14.7. The highest BCUT2D eigenvalue weighted by atomic mass is 79.9. The Kier molecular flexibility index (Phi) is 8.67. The molecule has 0 spiro atoms. The molecule has 0 aliphatic carbocycles. The van der Waals surface area contributed by atoms with Crippen LogP contribution in [0.1, 0.15) is 38.2 Å². The molecule has 0 fully saturated rings. The van der Waals surface area contributed by atoms with Gasteiger partial charge in [-0.25, -0.2) is 4.79 Å². The lowest BCUT2D eigenvalue weighted by Gasteiger charge is -2.11. The minimum absolute atomic E-state index is 0.280. The largest absolute Gasteiger partial charge is 0.493 e. The first-order valence-electron chi connectivity index (χ1n) is 7.37. The predicted octanol–water partition coefficient (Wildman–Crippen LogP) is 4.52. The van der Waals surface area contributed by atoms with E-state index in [0.29, 0.717) is 18.1 Å². The molecule has 0 unspecified atom stereocenters. The van der Waals surface area contributed by atoms with Crippen molar-refractivity contribution in [2.24, 2.45) is 0 Å². The van der Waals surface area contributed by atoms with Gasteiger partial charge in [0, 0.05) is 10.9 Å². The lowest BCUT2D eigenvalue weighted by Crippen LogP contribution is -2.00. The zero-order chi connectivity index (χ0) is 16.4. The first-order valence-corrected chi connectivity index (χ1v) is 8.49. The molecule has 122 valence electrons. The van der Waals surface area contributed by atoms with Crippen LogP contribution in [0.25, 0.3) is 6.08 Å². The Bertz CT molecular complexity index is 511. The van der Waals surface area contributed by atoms with Crippen LogP contribution in [-0.2, 0) is 4.79 Å². The summed E-state index contributed by atoms with van der Waals surface area (Å²) < 4.78 is 11.1. The Labute approximate surface area is 140 Å². The highest BCUT2D eigenvalue weighted by Crippen LogP contribution is 2.29. The fourth-order valence-corrected chi connectivity index (χ4v) is 2.33. The Morgan fingerprint density at radius 3 is 2.59 bits per heavy atom. The third-order valence-electron chi connectivity index (χ3n) is 3.19. The molecule has 0 amide bonds. The SMILES string of the molecule is COc1cc(C=C(C)C(=O)O)ccc1OCCCCCCBr. The minimum Gasteiger partial charge on any atom is -0.493 e. The molecule has 22 heavy (non-hydrogen) atoms. The summed E-state index contributed by atoms with van der Waals surface area (Å²) in [5.74, 6) is 0.378. The highest BCUT2D eigenvalue weighted by molar-refractivity contribution is 9.09. The summed E-state index contributed by atoms with van der Waals surface area (Å²) in [7, 11) is 1.58. The zero-order valence-electron chi connectivity index (χ0n) is 13.1. The van der Waals surface area contributed by atoms with E-state index in [1.807, 2.05) is 12.1 Å². The average molecular weight is 371 g/mol. The van der Waals surface area contributed by atoms with E-state index in [0.717, 1.165) is 23.7 Å². The number of hydrogen-bond acceptors (Lipinski definition) is 3. The van der Waals surface area contributed by atoms with Crippen LogP contribution in [0.4, 0.5) is 0 Å². The summed E-state index contributed by atoms with van der Waals surface area (Å²) in [6, 6.07) is 5.43. The van der Waals surface area contributed by atoms with Crippen molar-refractivity contribution in [3.8, 4) is 11.5 Å². The molecule has 1 N–H and O–H groups in total. The van der Waals surface area contributed by atoms with Crippen molar-refractivity contribution in [1.29, 1.82) is 0 Å². The molecule has 0 heterocycles. The van der Waals surface area contributed by atoms with Gasteiger partial charge in [0.15, 0.2) is 11.5 Å². The van der Waals surface area contributed by atoms with Crippen LogP contribution >= 0.6 is 15.9 Å². The second-order valence-corrected chi connectivity index (χ2v) is 5.79. The quantitative estimate of drug-likeness (QED) is 0.373. The number of rotatable bonds is 10. The second-order valence-electron chi connectivity index (χ2n) is 4.99. The number of halogens is 1. The van der Waals surface area contributed by atoms with Crippen LogP contribution in [0.3, 0.4) is 0 Å². The number of carbonyl (C=O) groups is 1. The molecule has 0 atom stereocenters. The van der Waals surface area contributed by atoms with E-state index in [2.05, 4.69) is 15.9 Å². The number of carboxylic acids is 1. The van der Waals surface area contributed by atoms with E-state index in [4.69, 9.17) is 14.6 Å². The van der Waals surface area contributed by atoms with Gasteiger partial charge in [-0.2, -0.15) is 0 Å². The van der Waals surface area contributed by atoms with Crippen molar-refractivity contribution in [2.45, 2.75) is 32.6 Å². The molecular weight excluding hydrogens is 348 g/mol.